The molecule has 2 rings (SSSR count). The first-order valence-electron chi connectivity index (χ1n) is 13.3. The highest BCUT2D eigenvalue weighted by atomic mass is 32.2. The largest absolute Gasteiger partial charge is 0.481 e. The number of hydrogen-bond acceptors (Lipinski definition) is 3. The van der Waals surface area contributed by atoms with Gasteiger partial charge in [-0.25, -0.2) is 0 Å². The zero-order valence-electron chi connectivity index (χ0n) is 21.3. The van der Waals surface area contributed by atoms with Crippen molar-refractivity contribution in [2.75, 3.05) is 11.5 Å². The summed E-state index contributed by atoms with van der Waals surface area (Å²) in [5, 5.41) is 9.11. The summed E-state index contributed by atoms with van der Waals surface area (Å²) in [4.78, 5) is 11.1. The zero-order chi connectivity index (χ0) is 24.4. The second-order valence-corrected chi connectivity index (χ2v) is 11.8. The van der Waals surface area contributed by atoms with Crippen LogP contribution in [0.2, 0.25) is 0 Å². The average Bonchev–Trinajstić information content (AvgIpc) is 2.85. The van der Waals surface area contributed by atoms with Gasteiger partial charge in [-0.3, -0.25) is 4.79 Å². The fourth-order valence-electron chi connectivity index (χ4n) is 4.28. The van der Waals surface area contributed by atoms with Crippen molar-refractivity contribution < 1.29 is 9.90 Å². The van der Waals surface area contributed by atoms with Crippen LogP contribution in [0.5, 0.6) is 0 Å². The molecular formula is C30H44O2S2. The summed E-state index contributed by atoms with van der Waals surface area (Å²) in [6.45, 7) is 4.48. The Morgan fingerprint density at radius 1 is 0.735 bits per heavy atom. The summed E-state index contributed by atoms with van der Waals surface area (Å²) < 4.78 is 0.260. The summed E-state index contributed by atoms with van der Waals surface area (Å²) in [5.41, 5.74) is 5.42. The summed E-state index contributed by atoms with van der Waals surface area (Å²) in [7, 11) is 0. The minimum Gasteiger partial charge on any atom is -0.481 e. The molecule has 0 aromatic heterocycles. The van der Waals surface area contributed by atoms with Gasteiger partial charge in [0.2, 0.25) is 0 Å². The molecule has 0 heterocycles. The highest BCUT2D eigenvalue weighted by Gasteiger charge is 2.18. The normalized spacial score (nSPS) is 12.1. The maximum absolute atomic E-state index is 11.1. The standard InChI is InChI=1S/C30H44O2S2/c1-3-5-6-7-8-9-10-11-12-17-25-18-13-14-19-26(25)27-20-15-16-21-28(27)30(33-23-4-2)34-24-22-29(31)32/h13-16,18-21,30H,3-12,17,22-24H2,1-2H3,(H,31,32). The predicted molar refractivity (Wildman–Crippen MR) is 153 cm³/mol. The SMILES string of the molecule is CCCCCCCCCCCc1ccccc1-c1ccccc1C(SCCC)SCCC(=O)O. The molecule has 0 saturated carbocycles. The predicted octanol–water partition coefficient (Wildman–Crippen LogP) is 9.78. The third kappa shape index (κ3) is 10.9. The quantitative estimate of drug-likeness (QED) is 0.154. The number of carboxylic acids is 1. The highest BCUT2D eigenvalue weighted by molar-refractivity contribution is 8.16. The number of benzene rings is 2. The second-order valence-electron chi connectivity index (χ2n) is 9.04. The van der Waals surface area contributed by atoms with E-state index in [1.165, 1.54) is 80.0 Å². The smallest absolute Gasteiger partial charge is 0.304 e. The lowest BCUT2D eigenvalue weighted by atomic mass is 9.93. The van der Waals surface area contributed by atoms with Crippen molar-refractivity contribution in [1.29, 1.82) is 0 Å². The van der Waals surface area contributed by atoms with Crippen molar-refractivity contribution in [3.8, 4) is 11.1 Å². The van der Waals surface area contributed by atoms with Gasteiger partial charge in [0.25, 0.3) is 0 Å². The van der Waals surface area contributed by atoms with Crippen LogP contribution in [0.3, 0.4) is 0 Å². The molecule has 0 amide bonds. The van der Waals surface area contributed by atoms with Crippen molar-refractivity contribution in [3.05, 3.63) is 59.7 Å². The van der Waals surface area contributed by atoms with E-state index in [1.54, 1.807) is 11.8 Å². The molecule has 0 bridgehead atoms. The fourth-order valence-corrected chi connectivity index (χ4v) is 6.97. The van der Waals surface area contributed by atoms with E-state index in [0.29, 0.717) is 5.75 Å². The van der Waals surface area contributed by atoms with Gasteiger partial charge in [-0.2, -0.15) is 0 Å². The molecule has 1 N–H and O–H groups in total. The van der Waals surface area contributed by atoms with Crippen LogP contribution in [0.4, 0.5) is 0 Å². The molecule has 2 aromatic carbocycles. The maximum Gasteiger partial charge on any atom is 0.304 e. The van der Waals surface area contributed by atoms with Crippen LogP contribution in [-0.2, 0) is 11.2 Å². The molecular weight excluding hydrogens is 456 g/mol. The van der Waals surface area contributed by atoms with E-state index in [-0.39, 0.29) is 11.0 Å². The van der Waals surface area contributed by atoms with Gasteiger partial charge in [0, 0.05) is 5.75 Å². The van der Waals surface area contributed by atoms with Crippen LogP contribution >= 0.6 is 23.5 Å². The molecule has 0 spiro atoms. The van der Waals surface area contributed by atoms with Gasteiger partial charge in [0.1, 0.15) is 0 Å². The van der Waals surface area contributed by atoms with Crippen molar-refractivity contribution >= 4 is 29.5 Å². The van der Waals surface area contributed by atoms with E-state index in [1.807, 2.05) is 11.8 Å². The first-order chi connectivity index (χ1) is 16.7. The average molecular weight is 501 g/mol. The zero-order valence-corrected chi connectivity index (χ0v) is 22.9. The number of carbonyl (C=O) groups is 1. The van der Waals surface area contributed by atoms with Crippen LogP contribution in [-0.4, -0.2) is 22.6 Å². The number of hydrogen-bond donors (Lipinski definition) is 1. The van der Waals surface area contributed by atoms with Gasteiger partial charge in [-0.05, 0) is 47.3 Å². The van der Waals surface area contributed by atoms with Gasteiger partial charge in [0.05, 0.1) is 11.0 Å². The monoisotopic (exact) mass is 500 g/mol. The van der Waals surface area contributed by atoms with Crippen LogP contribution in [0.1, 0.15) is 100 Å². The van der Waals surface area contributed by atoms with E-state index < -0.39 is 5.97 Å². The molecule has 0 aliphatic heterocycles. The molecule has 0 aliphatic carbocycles. The maximum atomic E-state index is 11.1. The Kier molecular flexibility index (Phi) is 15.2. The van der Waals surface area contributed by atoms with E-state index >= 15 is 0 Å². The summed E-state index contributed by atoms with van der Waals surface area (Å²) in [5.74, 6) is 1.01. The molecule has 2 aromatic rings. The molecule has 34 heavy (non-hydrogen) atoms. The minimum absolute atomic E-state index is 0.214. The molecule has 1 unspecified atom stereocenters. The number of thioether (sulfide) groups is 2. The summed E-state index contributed by atoms with van der Waals surface area (Å²) in [6.07, 6.45) is 14.6. The van der Waals surface area contributed by atoms with Crippen molar-refractivity contribution in [1.82, 2.24) is 0 Å². The number of aryl methyl sites for hydroxylation is 1. The van der Waals surface area contributed by atoms with Gasteiger partial charge >= 0.3 is 5.97 Å². The van der Waals surface area contributed by atoms with Gasteiger partial charge < -0.3 is 5.11 Å². The van der Waals surface area contributed by atoms with Crippen LogP contribution in [0.25, 0.3) is 11.1 Å². The minimum atomic E-state index is -0.716. The van der Waals surface area contributed by atoms with Gasteiger partial charge in [-0.15, -0.1) is 23.5 Å². The van der Waals surface area contributed by atoms with E-state index in [2.05, 4.69) is 62.4 Å². The molecule has 2 nitrogen and oxygen atoms in total. The number of unbranched alkanes of at least 4 members (excludes halogenated alkanes) is 8. The van der Waals surface area contributed by atoms with Crippen LogP contribution in [0, 0.1) is 0 Å². The Bertz CT molecular complexity index is 821. The van der Waals surface area contributed by atoms with Crippen molar-refractivity contribution in [2.45, 2.75) is 95.5 Å². The van der Waals surface area contributed by atoms with Gasteiger partial charge in [0.15, 0.2) is 0 Å². The van der Waals surface area contributed by atoms with Crippen molar-refractivity contribution in [2.24, 2.45) is 0 Å². The molecule has 0 fully saturated rings. The Morgan fingerprint density at radius 3 is 2.00 bits per heavy atom. The molecule has 188 valence electrons. The number of rotatable bonds is 19. The van der Waals surface area contributed by atoms with E-state index in [0.717, 1.165) is 18.6 Å². The number of carboxylic acid groups (broad SMARTS) is 1. The lowest BCUT2D eigenvalue weighted by Gasteiger charge is -2.21. The van der Waals surface area contributed by atoms with Gasteiger partial charge in [-0.1, -0.05) is 114 Å². The molecule has 0 aliphatic rings. The first kappa shape index (κ1) is 28.8. The molecule has 0 saturated heterocycles. The third-order valence-corrected chi connectivity index (χ3v) is 9.14. The fraction of sp³-hybridized carbons (Fsp3) is 0.567. The summed E-state index contributed by atoms with van der Waals surface area (Å²) >= 11 is 3.72. The molecule has 1 atom stereocenters. The molecule has 0 radical (unpaired) electrons. The third-order valence-electron chi connectivity index (χ3n) is 6.13. The second kappa shape index (κ2) is 18.0. The highest BCUT2D eigenvalue weighted by Crippen LogP contribution is 2.44. The summed E-state index contributed by atoms with van der Waals surface area (Å²) in [6, 6.07) is 17.6. The van der Waals surface area contributed by atoms with Crippen molar-refractivity contribution in [3.63, 3.8) is 0 Å². The van der Waals surface area contributed by atoms with E-state index in [9.17, 15) is 4.79 Å². The van der Waals surface area contributed by atoms with Crippen LogP contribution < -0.4 is 0 Å². The lowest BCUT2D eigenvalue weighted by Crippen LogP contribution is -2.01. The topological polar surface area (TPSA) is 37.3 Å². The number of aliphatic carboxylic acids is 1. The first-order valence-corrected chi connectivity index (χ1v) is 15.4. The lowest BCUT2D eigenvalue weighted by molar-refractivity contribution is -0.136. The molecule has 4 heteroatoms. The van der Waals surface area contributed by atoms with Crippen LogP contribution in [0.15, 0.2) is 48.5 Å². The Hall–Kier alpha value is -1.39. The Balaban J connectivity index is 2.04. The van der Waals surface area contributed by atoms with E-state index in [4.69, 9.17) is 5.11 Å². The Labute approximate surface area is 216 Å². The Morgan fingerprint density at radius 2 is 1.32 bits per heavy atom.